The van der Waals surface area contributed by atoms with Crippen molar-refractivity contribution in [2.75, 3.05) is 13.1 Å². The summed E-state index contributed by atoms with van der Waals surface area (Å²) in [6.07, 6.45) is 2.16. The molecule has 0 bridgehead atoms. The second-order valence-corrected chi connectivity index (χ2v) is 4.52. The van der Waals surface area contributed by atoms with E-state index in [-0.39, 0.29) is 11.7 Å². The van der Waals surface area contributed by atoms with Crippen LogP contribution in [0.5, 0.6) is 5.75 Å². The number of likely N-dealkylation sites (tertiary alicyclic amines) is 1. The number of carbonyl (C=O) groups is 1. The van der Waals surface area contributed by atoms with Crippen LogP contribution in [-0.2, 0) is 0 Å². The average Bonchev–Trinajstić information content (AvgIpc) is 2.74. The van der Waals surface area contributed by atoms with Gasteiger partial charge in [-0.25, -0.2) is 0 Å². The summed E-state index contributed by atoms with van der Waals surface area (Å²) in [4.78, 5) is 13.7. The molecular weight excluding hydrogens is 258 g/mol. The Balaban J connectivity index is 2.21. The molecule has 1 saturated heterocycles. The minimum absolute atomic E-state index is 0.00954. The number of phenolic OH excluding ortho intramolecular Hbond substituents is 1. The molecule has 15 heavy (non-hydrogen) atoms. The van der Waals surface area contributed by atoms with Crippen LogP contribution in [0.4, 0.5) is 0 Å². The van der Waals surface area contributed by atoms with Gasteiger partial charge in [0, 0.05) is 18.7 Å². The van der Waals surface area contributed by atoms with Gasteiger partial charge in [0.05, 0.1) is 4.47 Å². The zero-order valence-corrected chi connectivity index (χ0v) is 9.83. The molecule has 80 valence electrons. The van der Waals surface area contributed by atoms with E-state index in [1.165, 1.54) is 6.07 Å². The zero-order chi connectivity index (χ0) is 10.8. The van der Waals surface area contributed by atoms with Gasteiger partial charge in [0.1, 0.15) is 5.75 Å². The van der Waals surface area contributed by atoms with Gasteiger partial charge in [0.2, 0.25) is 0 Å². The highest BCUT2D eigenvalue weighted by atomic mass is 79.9. The third-order valence-electron chi connectivity index (χ3n) is 2.59. The van der Waals surface area contributed by atoms with Gasteiger partial charge in [0.25, 0.3) is 5.91 Å². The Kier molecular flexibility index (Phi) is 2.95. The summed E-state index contributed by atoms with van der Waals surface area (Å²) >= 11 is 3.19. The van der Waals surface area contributed by atoms with Crippen LogP contribution in [0, 0.1) is 0 Å². The maximum absolute atomic E-state index is 11.9. The fraction of sp³-hybridized carbons (Fsp3) is 0.364. The molecule has 0 aliphatic carbocycles. The molecule has 0 atom stereocenters. The summed E-state index contributed by atoms with van der Waals surface area (Å²) < 4.78 is 0.612. The molecule has 1 aromatic carbocycles. The fourth-order valence-electron chi connectivity index (χ4n) is 1.75. The van der Waals surface area contributed by atoms with Gasteiger partial charge in [0.15, 0.2) is 0 Å². The molecule has 0 saturated carbocycles. The number of halogens is 1. The third-order valence-corrected chi connectivity index (χ3v) is 3.26. The first-order chi connectivity index (χ1) is 7.18. The van der Waals surface area contributed by atoms with Crippen LogP contribution in [0.15, 0.2) is 22.7 Å². The van der Waals surface area contributed by atoms with E-state index < -0.39 is 0 Å². The van der Waals surface area contributed by atoms with Gasteiger partial charge in [-0.2, -0.15) is 0 Å². The molecule has 1 N–H and O–H groups in total. The van der Waals surface area contributed by atoms with E-state index >= 15 is 0 Å². The summed E-state index contributed by atoms with van der Waals surface area (Å²) in [5.74, 6) is 0.121. The van der Waals surface area contributed by atoms with Crippen molar-refractivity contribution >= 4 is 21.8 Å². The fourth-order valence-corrected chi connectivity index (χ4v) is 2.00. The molecule has 1 amide bonds. The Morgan fingerprint density at radius 3 is 2.60 bits per heavy atom. The first kappa shape index (κ1) is 10.5. The van der Waals surface area contributed by atoms with Gasteiger partial charge in [-0.3, -0.25) is 4.79 Å². The van der Waals surface area contributed by atoms with Crippen molar-refractivity contribution in [1.29, 1.82) is 0 Å². The Bertz CT molecular complexity index is 386. The van der Waals surface area contributed by atoms with E-state index in [9.17, 15) is 9.90 Å². The Morgan fingerprint density at radius 1 is 1.33 bits per heavy atom. The van der Waals surface area contributed by atoms with Crippen molar-refractivity contribution in [2.45, 2.75) is 12.8 Å². The van der Waals surface area contributed by atoms with Gasteiger partial charge >= 0.3 is 0 Å². The van der Waals surface area contributed by atoms with E-state index in [1.807, 2.05) is 4.90 Å². The van der Waals surface area contributed by atoms with E-state index in [0.29, 0.717) is 10.0 Å². The highest BCUT2D eigenvalue weighted by Gasteiger charge is 2.19. The lowest BCUT2D eigenvalue weighted by Gasteiger charge is -2.15. The first-order valence-electron chi connectivity index (χ1n) is 4.96. The van der Waals surface area contributed by atoms with Crippen molar-refractivity contribution in [3.05, 3.63) is 28.2 Å². The van der Waals surface area contributed by atoms with Crippen LogP contribution in [0.25, 0.3) is 0 Å². The highest BCUT2D eigenvalue weighted by Crippen LogP contribution is 2.25. The maximum atomic E-state index is 11.9. The maximum Gasteiger partial charge on any atom is 0.253 e. The number of rotatable bonds is 1. The summed E-state index contributed by atoms with van der Waals surface area (Å²) in [5.41, 5.74) is 0.553. The quantitative estimate of drug-likeness (QED) is 0.851. The predicted octanol–water partition coefficient (Wildman–Crippen LogP) is 2.39. The number of phenols is 1. The van der Waals surface area contributed by atoms with Gasteiger partial charge in [-0.05, 0) is 47.0 Å². The SMILES string of the molecule is O=C(c1ccc(Br)c(O)c1)N1CCCC1. The van der Waals surface area contributed by atoms with Crippen LogP contribution in [-0.4, -0.2) is 29.0 Å². The lowest BCUT2D eigenvalue weighted by atomic mass is 10.2. The van der Waals surface area contributed by atoms with Crippen LogP contribution < -0.4 is 0 Å². The van der Waals surface area contributed by atoms with Crippen molar-refractivity contribution in [2.24, 2.45) is 0 Å². The average molecular weight is 270 g/mol. The predicted molar refractivity (Wildman–Crippen MR) is 60.9 cm³/mol. The summed E-state index contributed by atoms with van der Waals surface area (Å²) in [6.45, 7) is 1.66. The van der Waals surface area contributed by atoms with Crippen molar-refractivity contribution in [1.82, 2.24) is 4.90 Å². The van der Waals surface area contributed by atoms with E-state index in [1.54, 1.807) is 12.1 Å². The number of amides is 1. The molecule has 1 aromatic rings. The molecule has 1 fully saturated rings. The first-order valence-corrected chi connectivity index (χ1v) is 5.75. The number of hydrogen-bond donors (Lipinski definition) is 1. The number of carbonyl (C=O) groups excluding carboxylic acids is 1. The van der Waals surface area contributed by atoms with Crippen molar-refractivity contribution in [3.63, 3.8) is 0 Å². The Labute approximate surface area is 96.8 Å². The second kappa shape index (κ2) is 4.23. The second-order valence-electron chi connectivity index (χ2n) is 3.67. The van der Waals surface area contributed by atoms with Crippen LogP contribution in [0.3, 0.4) is 0 Å². The van der Waals surface area contributed by atoms with E-state index in [0.717, 1.165) is 25.9 Å². The monoisotopic (exact) mass is 269 g/mol. The topological polar surface area (TPSA) is 40.5 Å². The largest absolute Gasteiger partial charge is 0.507 e. The van der Waals surface area contributed by atoms with Crippen LogP contribution in [0.2, 0.25) is 0 Å². The summed E-state index contributed by atoms with van der Waals surface area (Å²) in [7, 11) is 0. The normalized spacial score (nSPS) is 15.7. The molecule has 1 heterocycles. The lowest BCUT2D eigenvalue weighted by molar-refractivity contribution is 0.0792. The summed E-state index contributed by atoms with van der Waals surface area (Å²) in [5, 5.41) is 9.47. The van der Waals surface area contributed by atoms with Gasteiger partial charge in [-0.1, -0.05) is 0 Å². The number of aromatic hydroxyl groups is 1. The molecule has 1 aliphatic rings. The Hall–Kier alpha value is -1.03. The molecule has 2 rings (SSSR count). The molecule has 3 nitrogen and oxygen atoms in total. The van der Waals surface area contributed by atoms with Crippen molar-refractivity contribution in [3.8, 4) is 5.75 Å². The standard InChI is InChI=1S/C11H12BrNO2/c12-9-4-3-8(7-10(9)14)11(15)13-5-1-2-6-13/h3-4,7,14H,1-2,5-6H2. The molecule has 4 heteroatoms. The third kappa shape index (κ3) is 2.15. The minimum Gasteiger partial charge on any atom is -0.507 e. The van der Waals surface area contributed by atoms with Crippen LogP contribution >= 0.6 is 15.9 Å². The minimum atomic E-state index is 0.00954. The molecular formula is C11H12BrNO2. The zero-order valence-electron chi connectivity index (χ0n) is 8.24. The van der Waals surface area contributed by atoms with Gasteiger partial charge in [-0.15, -0.1) is 0 Å². The number of hydrogen-bond acceptors (Lipinski definition) is 2. The molecule has 1 aliphatic heterocycles. The molecule has 0 radical (unpaired) electrons. The summed E-state index contributed by atoms with van der Waals surface area (Å²) in [6, 6.07) is 4.92. The van der Waals surface area contributed by atoms with Crippen molar-refractivity contribution < 1.29 is 9.90 Å². The van der Waals surface area contributed by atoms with E-state index in [2.05, 4.69) is 15.9 Å². The van der Waals surface area contributed by atoms with E-state index in [4.69, 9.17) is 0 Å². The van der Waals surface area contributed by atoms with Gasteiger partial charge < -0.3 is 10.0 Å². The highest BCUT2D eigenvalue weighted by molar-refractivity contribution is 9.10. The molecule has 0 aromatic heterocycles. The number of benzene rings is 1. The van der Waals surface area contributed by atoms with Crippen LogP contribution in [0.1, 0.15) is 23.2 Å². The molecule has 0 unspecified atom stereocenters. The smallest absolute Gasteiger partial charge is 0.253 e. The lowest BCUT2D eigenvalue weighted by Crippen LogP contribution is -2.27. The Morgan fingerprint density at radius 2 is 2.00 bits per heavy atom. The molecule has 0 spiro atoms. The number of nitrogens with zero attached hydrogens (tertiary/aromatic N) is 1.